The van der Waals surface area contributed by atoms with Gasteiger partial charge >= 0.3 is 0 Å². The average Bonchev–Trinajstić information content (AvgIpc) is 3.10. The minimum absolute atomic E-state index is 0.0926. The van der Waals surface area contributed by atoms with E-state index in [0.717, 1.165) is 48.5 Å². The normalized spacial score (nSPS) is 12.0. The smallest absolute Gasteiger partial charge is 0.204 e. The second-order valence-corrected chi connectivity index (χ2v) is 10.4. The van der Waals surface area contributed by atoms with Crippen molar-refractivity contribution in [2.75, 3.05) is 0 Å². The molecule has 0 aromatic heterocycles. The third kappa shape index (κ3) is 5.71. The molecule has 0 radical (unpaired) electrons. The molecule has 0 amide bonds. The summed E-state index contributed by atoms with van der Waals surface area (Å²) in [6.07, 6.45) is 0. The first kappa shape index (κ1) is 35.5. The summed E-state index contributed by atoms with van der Waals surface area (Å²) >= 11 is 5.89. The quantitative estimate of drug-likeness (QED) is 0.0539. The zero-order valence-corrected chi connectivity index (χ0v) is 24.1. The van der Waals surface area contributed by atoms with Gasteiger partial charge in [-0.1, -0.05) is 54.1 Å². The molecule has 0 saturated heterocycles. The van der Waals surface area contributed by atoms with E-state index in [1.807, 2.05) is 0 Å². The zero-order valence-electron chi connectivity index (χ0n) is 23.3. The number of halogens is 16. The summed E-state index contributed by atoms with van der Waals surface area (Å²) < 4.78 is 225. The first-order chi connectivity index (χ1) is 23.0. The number of rotatable bonds is 6. The molecule has 0 aliphatic heterocycles. The van der Waals surface area contributed by atoms with Crippen molar-refractivity contribution in [2.45, 2.75) is 0 Å². The molecular formula is C32H9BClF15. The van der Waals surface area contributed by atoms with Crippen LogP contribution in [0.3, 0.4) is 0 Å². The van der Waals surface area contributed by atoms with E-state index >= 15 is 26.3 Å². The highest BCUT2D eigenvalue weighted by molar-refractivity contribution is 7.01. The maximum Gasteiger partial charge on any atom is 0.259 e. The van der Waals surface area contributed by atoms with Crippen LogP contribution in [0.4, 0.5) is 65.9 Å². The highest BCUT2D eigenvalue weighted by Crippen LogP contribution is 2.40. The molecule has 0 nitrogen and oxygen atoms in total. The van der Waals surface area contributed by atoms with Gasteiger partial charge in [0.15, 0.2) is 81.4 Å². The van der Waals surface area contributed by atoms with Crippen molar-refractivity contribution >= 4 is 40.3 Å². The number of benzene rings is 5. The lowest BCUT2D eigenvalue weighted by molar-refractivity contribution is 0.376. The summed E-state index contributed by atoms with van der Waals surface area (Å²) in [4.78, 5) is 0. The first-order valence-electron chi connectivity index (χ1n) is 13.1. The molecule has 0 atom stereocenters. The second kappa shape index (κ2) is 13.2. The van der Waals surface area contributed by atoms with Crippen LogP contribution < -0.4 is 10.9 Å². The maximum absolute atomic E-state index is 15.8. The minimum Gasteiger partial charge on any atom is -0.204 e. The molecule has 17 heteroatoms. The van der Waals surface area contributed by atoms with E-state index in [2.05, 4.69) is 0 Å². The van der Waals surface area contributed by atoms with Crippen LogP contribution in [0.15, 0.2) is 54.6 Å². The Hall–Kier alpha value is -4.86. The Balaban J connectivity index is 2.22. The molecule has 252 valence electrons. The molecule has 5 rings (SSSR count). The van der Waals surface area contributed by atoms with Crippen molar-refractivity contribution in [2.24, 2.45) is 0 Å². The minimum atomic E-state index is -3.76. The second-order valence-electron chi connectivity index (χ2n) is 10.0. The summed E-state index contributed by atoms with van der Waals surface area (Å²) in [6.45, 7) is -3.76. The van der Waals surface area contributed by atoms with E-state index < -0.39 is 133 Å². The fourth-order valence-electron chi connectivity index (χ4n) is 5.14. The molecular weight excluding hydrogens is 716 g/mol. The van der Waals surface area contributed by atoms with Crippen LogP contribution in [0.5, 0.6) is 0 Å². The fraction of sp³-hybridized carbons (Fsp3) is 0. The van der Waals surface area contributed by atoms with Crippen molar-refractivity contribution in [1.29, 1.82) is 0 Å². The van der Waals surface area contributed by atoms with E-state index in [0.29, 0.717) is 0 Å². The Kier molecular flexibility index (Phi) is 9.56. The van der Waals surface area contributed by atoms with Crippen LogP contribution in [0.2, 0.25) is 5.02 Å². The van der Waals surface area contributed by atoms with Crippen molar-refractivity contribution in [3.8, 4) is 0 Å². The molecule has 0 aliphatic rings. The van der Waals surface area contributed by atoms with Gasteiger partial charge in [-0.15, -0.1) is 0 Å². The summed E-state index contributed by atoms with van der Waals surface area (Å²) in [5.41, 5.74) is -11.2. The van der Waals surface area contributed by atoms with Crippen LogP contribution >= 0.6 is 11.6 Å². The van der Waals surface area contributed by atoms with Crippen molar-refractivity contribution < 1.29 is 65.9 Å². The average molecular weight is 725 g/mol. The molecule has 0 unspecified atom stereocenters. The molecule has 0 fully saturated rings. The summed E-state index contributed by atoms with van der Waals surface area (Å²) in [5, 5.41) is -0.0926. The molecule has 5 aromatic rings. The third-order valence-electron chi connectivity index (χ3n) is 7.30. The largest absolute Gasteiger partial charge is 0.259 e. The summed E-state index contributed by atoms with van der Waals surface area (Å²) in [5.74, 6) is -43.7. The van der Waals surface area contributed by atoms with E-state index in [1.165, 1.54) is 6.07 Å². The standard InChI is InChI=1S/C32H9BClF15/c34-12-8-6-11(7-9-12)13(10-4-2-1-3-5-10)15(14-18(35)24(41)30(47)25(42)19(14)36)33(16-20(37)26(43)31(48)27(44)21(16)38)17-22(39)28(45)32(49)29(46)23(17)40/h1-9H/b15-13+. The van der Waals surface area contributed by atoms with Crippen molar-refractivity contribution in [1.82, 2.24) is 0 Å². The molecule has 0 saturated carbocycles. The monoisotopic (exact) mass is 724 g/mol. The van der Waals surface area contributed by atoms with Gasteiger partial charge < -0.3 is 0 Å². The van der Waals surface area contributed by atoms with E-state index in [9.17, 15) is 39.5 Å². The molecule has 0 bridgehead atoms. The molecule has 0 aliphatic carbocycles. The van der Waals surface area contributed by atoms with Crippen molar-refractivity contribution in [3.05, 3.63) is 164 Å². The van der Waals surface area contributed by atoms with Gasteiger partial charge in [0.2, 0.25) is 5.82 Å². The van der Waals surface area contributed by atoms with Crippen LogP contribution in [0.25, 0.3) is 11.0 Å². The first-order valence-corrected chi connectivity index (χ1v) is 13.5. The van der Waals surface area contributed by atoms with E-state index in [1.54, 1.807) is 0 Å². The van der Waals surface area contributed by atoms with Crippen molar-refractivity contribution in [3.63, 3.8) is 0 Å². The van der Waals surface area contributed by atoms with Crippen LogP contribution in [-0.4, -0.2) is 6.71 Å². The highest BCUT2D eigenvalue weighted by atomic mass is 35.5. The topological polar surface area (TPSA) is 0 Å². The highest BCUT2D eigenvalue weighted by Gasteiger charge is 2.45. The lowest BCUT2D eigenvalue weighted by Crippen LogP contribution is -2.52. The Morgan fingerprint density at radius 2 is 0.673 bits per heavy atom. The summed E-state index contributed by atoms with van der Waals surface area (Å²) in [7, 11) is 0. The van der Waals surface area contributed by atoms with Gasteiger partial charge in [0.05, 0.1) is 0 Å². The number of hydrogen-bond acceptors (Lipinski definition) is 0. The van der Waals surface area contributed by atoms with Crippen LogP contribution in [0.1, 0.15) is 16.7 Å². The van der Waals surface area contributed by atoms with Gasteiger partial charge in [0, 0.05) is 21.5 Å². The predicted molar refractivity (Wildman–Crippen MR) is 148 cm³/mol. The zero-order chi connectivity index (χ0) is 36.2. The maximum atomic E-state index is 15.8. The number of hydrogen-bond donors (Lipinski definition) is 0. The lowest BCUT2D eigenvalue weighted by Gasteiger charge is -2.27. The molecule has 49 heavy (non-hydrogen) atoms. The summed E-state index contributed by atoms with van der Waals surface area (Å²) in [6, 6.07) is 9.43. The van der Waals surface area contributed by atoms with Gasteiger partial charge in [-0.25, -0.2) is 65.9 Å². The SMILES string of the molecule is Fc1c(F)c(F)c(B(/C(=C(\c2ccccc2)c2ccc(Cl)cc2)c2c(F)c(F)c(F)c(F)c2F)c2c(F)c(F)c(F)c(F)c2F)c(F)c1F. The van der Waals surface area contributed by atoms with E-state index in [4.69, 9.17) is 11.6 Å². The molecule has 0 heterocycles. The van der Waals surface area contributed by atoms with Gasteiger partial charge in [-0.3, -0.25) is 0 Å². The van der Waals surface area contributed by atoms with Gasteiger partial charge in [0.25, 0.3) is 6.71 Å². The predicted octanol–water partition coefficient (Wildman–Crippen LogP) is 9.23. The Labute approximate surface area is 269 Å². The third-order valence-corrected chi connectivity index (χ3v) is 7.55. The van der Waals surface area contributed by atoms with Gasteiger partial charge in [0.1, 0.15) is 0 Å². The van der Waals surface area contributed by atoms with Gasteiger partial charge in [-0.05, 0) is 34.3 Å². The van der Waals surface area contributed by atoms with Gasteiger partial charge in [-0.2, -0.15) is 0 Å². The Morgan fingerprint density at radius 3 is 1.04 bits per heavy atom. The fourth-order valence-corrected chi connectivity index (χ4v) is 5.26. The molecule has 0 N–H and O–H groups in total. The van der Waals surface area contributed by atoms with E-state index in [-0.39, 0.29) is 5.02 Å². The Bertz CT molecular complexity index is 2030. The van der Waals surface area contributed by atoms with Crippen LogP contribution in [-0.2, 0) is 0 Å². The lowest BCUT2D eigenvalue weighted by atomic mass is 9.33. The Morgan fingerprint density at radius 1 is 0.367 bits per heavy atom. The van der Waals surface area contributed by atoms with Crippen LogP contribution in [0, 0.1) is 87.3 Å². The molecule has 0 spiro atoms. The molecule has 5 aromatic carbocycles.